The molecule has 1 amide bonds. The molecule has 3 rings (SSSR count). The van der Waals surface area contributed by atoms with Gasteiger partial charge >= 0.3 is 0 Å². The Morgan fingerprint density at radius 1 is 1.27 bits per heavy atom. The SMILES string of the molecule is Cc1ccccc1C(=O)NC(=S)Nc1cccc(OCC2CCCO2)c1. The highest BCUT2D eigenvalue weighted by atomic mass is 32.1. The Morgan fingerprint density at radius 3 is 2.88 bits per heavy atom. The monoisotopic (exact) mass is 370 g/mol. The topological polar surface area (TPSA) is 59.6 Å². The van der Waals surface area contributed by atoms with Crippen LogP contribution < -0.4 is 15.4 Å². The third-order valence-electron chi connectivity index (χ3n) is 4.17. The number of benzene rings is 2. The molecule has 1 unspecified atom stereocenters. The van der Waals surface area contributed by atoms with Crippen LogP contribution in [0.5, 0.6) is 5.75 Å². The highest BCUT2D eigenvalue weighted by Crippen LogP contribution is 2.19. The zero-order chi connectivity index (χ0) is 18.4. The van der Waals surface area contributed by atoms with Crippen molar-refractivity contribution >= 4 is 28.9 Å². The maximum absolute atomic E-state index is 12.3. The van der Waals surface area contributed by atoms with Gasteiger partial charge in [-0.05, 0) is 55.7 Å². The number of hydrogen-bond acceptors (Lipinski definition) is 4. The van der Waals surface area contributed by atoms with Crippen molar-refractivity contribution in [3.63, 3.8) is 0 Å². The minimum atomic E-state index is -0.230. The van der Waals surface area contributed by atoms with Crippen molar-refractivity contribution in [3.8, 4) is 5.75 Å². The number of thiocarbonyl (C=S) groups is 1. The van der Waals surface area contributed by atoms with E-state index in [2.05, 4.69) is 10.6 Å². The van der Waals surface area contributed by atoms with E-state index in [9.17, 15) is 4.79 Å². The first-order chi connectivity index (χ1) is 12.6. The average Bonchev–Trinajstić information content (AvgIpc) is 3.14. The Hall–Kier alpha value is -2.44. The van der Waals surface area contributed by atoms with Crippen molar-refractivity contribution in [2.45, 2.75) is 25.9 Å². The fourth-order valence-corrected chi connectivity index (χ4v) is 3.00. The molecule has 0 aliphatic carbocycles. The zero-order valence-corrected chi connectivity index (χ0v) is 15.5. The van der Waals surface area contributed by atoms with Crippen LogP contribution in [0.4, 0.5) is 5.69 Å². The predicted octanol–water partition coefficient (Wildman–Crippen LogP) is 3.68. The van der Waals surface area contributed by atoms with E-state index < -0.39 is 0 Å². The zero-order valence-electron chi connectivity index (χ0n) is 14.7. The van der Waals surface area contributed by atoms with E-state index in [0.29, 0.717) is 12.2 Å². The quantitative estimate of drug-likeness (QED) is 0.787. The number of hydrogen-bond donors (Lipinski definition) is 2. The van der Waals surface area contributed by atoms with Gasteiger partial charge in [-0.25, -0.2) is 0 Å². The number of aryl methyl sites for hydroxylation is 1. The highest BCUT2D eigenvalue weighted by molar-refractivity contribution is 7.80. The van der Waals surface area contributed by atoms with Crippen LogP contribution in [-0.4, -0.2) is 30.3 Å². The van der Waals surface area contributed by atoms with Gasteiger partial charge in [0, 0.05) is 23.9 Å². The third kappa shape index (κ3) is 5.03. The van der Waals surface area contributed by atoms with Crippen molar-refractivity contribution in [1.82, 2.24) is 5.32 Å². The van der Waals surface area contributed by atoms with Crippen molar-refractivity contribution in [3.05, 3.63) is 59.7 Å². The standard InChI is InChI=1S/C20H22N2O3S/c1-14-6-2-3-10-18(14)19(23)22-20(26)21-15-7-4-8-16(12-15)25-13-17-9-5-11-24-17/h2-4,6-8,10,12,17H,5,9,11,13H2,1H3,(H2,21,22,23,26). The summed E-state index contributed by atoms with van der Waals surface area (Å²) in [6.07, 6.45) is 2.29. The van der Waals surface area contributed by atoms with E-state index in [1.165, 1.54) is 0 Å². The number of ether oxygens (including phenoxy) is 2. The predicted molar refractivity (Wildman–Crippen MR) is 106 cm³/mol. The van der Waals surface area contributed by atoms with E-state index in [0.717, 1.165) is 36.4 Å². The summed E-state index contributed by atoms with van der Waals surface area (Å²) in [6, 6.07) is 14.9. The molecule has 0 spiro atoms. The minimum Gasteiger partial charge on any atom is -0.491 e. The summed E-state index contributed by atoms with van der Waals surface area (Å²) >= 11 is 5.25. The number of amides is 1. The third-order valence-corrected chi connectivity index (χ3v) is 4.37. The van der Waals surface area contributed by atoms with Gasteiger partial charge in [0.05, 0.1) is 6.10 Å². The van der Waals surface area contributed by atoms with Crippen molar-refractivity contribution in [2.24, 2.45) is 0 Å². The molecule has 6 heteroatoms. The maximum Gasteiger partial charge on any atom is 0.257 e. The highest BCUT2D eigenvalue weighted by Gasteiger charge is 2.16. The van der Waals surface area contributed by atoms with Crippen LogP contribution in [0.2, 0.25) is 0 Å². The first kappa shape index (κ1) is 18.4. The first-order valence-corrected chi connectivity index (χ1v) is 9.05. The molecule has 1 aliphatic rings. The van der Waals surface area contributed by atoms with Gasteiger partial charge in [0.1, 0.15) is 12.4 Å². The second-order valence-corrected chi connectivity index (χ2v) is 6.61. The van der Waals surface area contributed by atoms with Crippen molar-refractivity contribution < 1.29 is 14.3 Å². The second-order valence-electron chi connectivity index (χ2n) is 6.20. The second kappa shape index (κ2) is 8.78. The number of nitrogens with one attached hydrogen (secondary N) is 2. The van der Waals surface area contributed by atoms with Crippen LogP contribution in [0.25, 0.3) is 0 Å². The van der Waals surface area contributed by atoms with Crippen molar-refractivity contribution in [1.29, 1.82) is 0 Å². The van der Waals surface area contributed by atoms with Crippen LogP contribution in [0.1, 0.15) is 28.8 Å². The molecule has 1 saturated heterocycles. The molecule has 1 fully saturated rings. The van der Waals surface area contributed by atoms with Crippen molar-refractivity contribution in [2.75, 3.05) is 18.5 Å². The van der Waals surface area contributed by atoms with Gasteiger partial charge in [-0.1, -0.05) is 24.3 Å². The van der Waals surface area contributed by atoms with Gasteiger partial charge < -0.3 is 14.8 Å². The molecule has 0 aromatic heterocycles. The summed E-state index contributed by atoms with van der Waals surface area (Å²) < 4.78 is 11.3. The van der Waals surface area contributed by atoms with Crippen LogP contribution in [0.3, 0.4) is 0 Å². The molecule has 26 heavy (non-hydrogen) atoms. The van der Waals surface area contributed by atoms with E-state index in [-0.39, 0.29) is 17.1 Å². The van der Waals surface area contributed by atoms with E-state index in [1.54, 1.807) is 6.07 Å². The van der Waals surface area contributed by atoms with Gasteiger partial charge in [0.2, 0.25) is 0 Å². The molecule has 1 atom stereocenters. The average molecular weight is 370 g/mol. The Balaban J connectivity index is 1.54. The van der Waals surface area contributed by atoms with Gasteiger partial charge in [0.25, 0.3) is 5.91 Å². The summed E-state index contributed by atoms with van der Waals surface area (Å²) in [5.74, 6) is 0.505. The molecule has 2 aromatic rings. The molecule has 0 bridgehead atoms. The smallest absolute Gasteiger partial charge is 0.257 e. The minimum absolute atomic E-state index is 0.168. The van der Waals surface area contributed by atoms with Gasteiger partial charge in [0.15, 0.2) is 5.11 Å². The lowest BCUT2D eigenvalue weighted by molar-refractivity contribution is 0.0680. The summed E-state index contributed by atoms with van der Waals surface area (Å²) in [5.41, 5.74) is 2.26. The van der Waals surface area contributed by atoms with E-state index >= 15 is 0 Å². The van der Waals surface area contributed by atoms with Crippen LogP contribution in [-0.2, 0) is 4.74 Å². The Labute approximate surface area is 158 Å². The fourth-order valence-electron chi connectivity index (χ4n) is 2.79. The summed E-state index contributed by atoms with van der Waals surface area (Å²) in [5, 5.41) is 5.97. The summed E-state index contributed by atoms with van der Waals surface area (Å²) in [4.78, 5) is 12.3. The van der Waals surface area contributed by atoms with E-state index in [1.807, 2.05) is 49.4 Å². The number of anilines is 1. The maximum atomic E-state index is 12.3. The number of carbonyl (C=O) groups is 1. The molecule has 0 saturated carbocycles. The van der Waals surface area contributed by atoms with E-state index in [4.69, 9.17) is 21.7 Å². The largest absolute Gasteiger partial charge is 0.491 e. The number of carbonyl (C=O) groups excluding carboxylic acids is 1. The Bertz CT molecular complexity index is 788. The van der Waals surface area contributed by atoms with Gasteiger partial charge in [-0.2, -0.15) is 0 Å². The molecule has 0 radical (unpaired) electrons. The molecular formula is C20H22N2O3S. The lowest BCUT2D eigenvalue weighted by Gasteiger charge is -2.14. The molecule has 5 nitrogen and oxygen atoms in total. The molecule has 2 aromatic carbocycles. The van der Waals surface area contributed by atoms with Crippen LogP contribution >= 0.6 is 12.2 Å². The van der Waals surface area contributed by atoms with Gasteiger partial charge in [-0.3, -0.25) is 10.1 Å². The molecule has 1 heterocycles. The molecule has 136 valence electrons. The summed E-state index contributed by atoms with van der Waals surface area (Å²) in [7, 11) is 0. The van der Waals surface area contributed by atoms with Gasteiger partial charge in [-0.15, -0.1) is 0 Å². The molecular weight excluding hydrogens is 348 g/mol. The fraction of sp³-hybridized carbons (Fsp3) is 0.300. The Morgan fingerprint density at radius 2 is 2.12 bits per heavy atom. The molecule has 2 N–H and O–H groups in total. The molecule has 1 aliphatic heterocycles. The van der Waals surface area contributed by atoms with Crippen LogP contribution in [0, 0.1) is 6.92 Å². The normalized spacial score (nSPS) is 16.1. The number of rotatable bonds is 5. The van der Waals surface area contributed by atoms with Crippen LogP contribution in [0.15, 0.2) is 48.5 Å². The Kier molecular flexibility index (Phi) is 6.20. The first-order valence-electron chi connectivity index (χ1n) is 8.64. The summed E-state index contributed by atoms with van der Waals surface area (Å²) in [6.45, 7) is 3.24. The lowest BCUT2D eigenvalue weighted by Crippen LogP contribution is -2.34. The lowest BCUT2D eigenvalue weighted by atomic mass is 10.1.